The van der Waals surface area contributed by atoms with Gasteiger partial charge in [-0.15, -0.1) is 21.5 Å². The fraction of sp³-hybridized carbons (Fsp3) is 0.389. The van der Waals surface area contributed by atoms with E-state index in [2.05, 4.69) is 78.1 Å². The summed E-state index contributed by atoms with van der Waals surface area (Å²) in [7, 11) is -1.83. The zero-order valence-corrected chi connectivity index (χ0v) is 56.8. The molecule has 0 bridgehead atoms. The number of carbonyl (C=O) groups is 3. The molecule has 2 amide bonds. The first-order valence-electron chi connectivity index (χ1n) is 25.7. The minimum Gasteiger partial charge on any atom is -0.481 e. The molecule has 0 aromatic heterocycles. The van der Waals surface area contributed by atoms with Gasteiger partial charge in [-0.2, -0.15) is 22.0 Å². The van der Waals surface area contributed by atoms with Crippen molar-refractivity contribution < 1.29 is 79.7 Å². The molecule has 0 radical (unpaired) electrons. The van der Waals surface area contributed by atoms with Gasteiger partial charge < -0.3 is 20.2 Å². The number of benzene rings is 5. The second kappa shape index (κ2) is 48.1. The second-order valence-corrected chi connectivity index (χ2v) is 22.5. The van der Waals surface area contributed by atoms with Gasteiger partial charge in [0.15, 0.2) is 0 Å². The summed E-state index contributed by atoms with van der Waals surface area (Å²) in [4.78, 5) is 84.5. The van der Waals surface area contributed by atoms with Crippen LogP contribution in [0.2, 0.25) is 0 Å². The molecule has 2 heterocycles. The lowest BCUT2D eigenvalue weighted by atomic mass is 10.1. The maximum atomic E-state index is 14.0. The van der Waals surface area contributed by atoms with Gasteiger partial charge in [0, 0.05) is 147 Å². The standard InChI is InChI=1S/C13H16FN3O3.C7H4Br2FNO2.2C7H5BrFNO2.C7H6FNO2.C6H12N2O.C4H10O3P.C2H4O2.CH4.ClH/c1-10(18)16-7-5-15(6-8-16)9-11-3-2-4-12(13(11)14)17(19)20;8-7(9)4-2-1-3-5(6(4)10)11(12)13;2*8-4-5-2-1-3-6(7(5)9)10(11)12;1-5-3-2-4-6(7(5)8)9(10)11;1-6(9)8-4-2-7-3-5-8;1-3-6-8(5)7-4-2;1-2(3)4;;/h2-4H,5-9H2,1H3;1-3,7H;2*1-3H,4H2;2-4H,1H3;7H,2-5H2,1H3;3-4H2,1-2H3;1H3,(H,3,4);1H4;1H/q;;;;;;+1;;;. The number of carboxylic acids is 1. The predicted octanol–water partition coefficient (Wildman–Crippen LogP) is 14.5. The molecule has 5 aromatic rings. The van der Waals surface area contributed by atoms with Gasteiger partial charge in [-0.25, -0.2) is 0 Å². The van der Waals surface area contributed by atoms with E-state index < -0.39 is 100 Å². The van der Waals surface area contributed by atoms with E-state index in [1.54, 1.807) is 31.7 Å². The van der Waals surface area contributed by atoms with Crippen LogP contribution in [0, 0.1) is 86.6 Å². The summed E-state index contributed by atoms with van der Waals surface area (Å²) in [5, 5.41) is 62.8. The molecule has 91 heavy (non-hydrogen) atoms. The van der Waals surface area contributed by atoms with Crippen LogP contribution in [0.4, 0.5) is 50.4 Å². The van der Waals surface area contributed by atoms with Gasteiger partial charge in [0.05, 0.1) is 28.4 Å². The van der Waals surface area contributed by atoms with E-state index >= 15 is 0 Å². The smallest absolute Gasteiger partial charge is 0.481 e. The molecule has 0 aliphatic carbocycles. The fourth-order valence-corrected chi connectivity index (χ4v) is 8.83. The molecule has 504 valence electrons. The normalized spacial score (nSPS) is 11.9. The van der Waals surface area contributed by atoms with Crippen LogP contribution in [0.5, 0.6) is 0 Å². The zero-order chi connectivity index (χ0) is 68.1. The molecule has 2 aliphatic rings. The molecule has 0 saturated carbocycles. The summed E-state index contributed by atoms with van der Waals surface area (Å²) in [6.07, 6.45) is 0. The highest BCUT2D eigenvalue weighted by Crippen LogP contribution is 2.34. The third kappa shape index (κ3) is 34.0. The number of alkyl halides is 4. The second-order valence-electron chi connectivity index (χ2n) is 17.3. The molecule has 0 atom stereocenters. The van der Waals surface area contributed by atoms with Gasteiger partial charge in [-0.1, -0.05) is 132 Å². The highest BCUT2D eigenvalue weighted by molar-refractivity contribution is 9.24. The Balaban J connectivity index is -0.000000996. The Morgan fingerprint density at radius 2 is 0.868 bits per heavy atom. The Hall–Kier alpha value is -6.69. The molecule has 2 saturated heterocycles. The summed E-state index contributed by atoms with van der Waals surface area (Å²) < 4.78 is 85.2. The van der Waals surface area contributed by atoms with E-state index in [0.717, 1.165) is 63.4 Å². The summed E-state index contributed by atoms with van der Waals surface area (Å²) in [5.74, 6) is -4.48. The molecule has 2 fully saturated rings. The van der Waals surface area contributed by atoms with Gasteiger partial charge in [0.1, 0.15) is 13.2 Å². The number of carbonyl (C=O) groups excluding carboxylic acids is 2. The number of aryl methyl sites for hydroxylation is 1. The lowest BCUT2D eigenvalue weighted by Crippen LogP contribution is -2.47. The molecule has 2 aliphatic heterocycles. The van der Waals surface area contributed by atoms with Gasteiger partial charge in [0.25, 0.3) is 5.97 Å². The SMILES string of the molecule is C.CC(=O)N1CCN(Cc2cccc([N+](=O)[O-])c2F)CC1.CC(=O)N1CCNCC1.CC(=O)O.CCO[P+](=O)OCC.Cc1cccc([N+](=O)[O-])c1F.Cl.O=[N+]([O-])c1cccc(C(Br)Br)c1F.O=[N+]([O-])c1cccc(CBr)c1F.O=[N+]([O-])c1cccc(CBr)c1F. The average molecular weight is 1600 g/mol. The summed E-state index contributed by atoms with van der Waals surface area (Å²) in [5.41, 5.74) is -1.02. The molecule has 26 nitrogen and oxygen atoms in total. The lowest BCUT2D eigenvalue weighted by Gasteiger charge is -2.34. The first-order chi connectivity index (χ1) is 41.8. The van der Waals surface area contributed by atoms with Crippen molar-refractivity contribution >= 4 is 131 Å². The molecule has 0 unspecified atom stereocenters. The Bertz CT molecular complexity index is 3110. The van der Waals surface area contributed by atoms with E-state index in [-0.39, 0.29) is 47.9 Å². The topological polar surface area (TPSA) is 344 Å². The van der Waals surface area contributed by atoms with Gasteiger partial charge in [-0.3, -0.25) is 69.9 Å². The van der Waals surface area contributed by atoms with Crippen molar-refractivity contribution in [2.75, 3.05) is 65.6 Å². The van der Waals surface area contributed by atoms with Crippen molar-refractivity contribution in [3.05, 3.63) is 198 Å². The van der Waals surface area contributed by atoms with Gasteiger partial charge >= 0.3 is 36.7 Å². The number of carboxylic acid groups (broad SMARTS) is 1. The number of halogens is 10. The first kappa shape index (κ1) is 88.5. The number of hydrogen-bond acceptors (Lipinski definition) is 18. The van der Waals surface area contributed by atoms with Crippen LogP contribution in [-0.4, -0.2) is 128 Å². The number of aliphatic carboxylic acids is 1. The number of amides is 2. The third-order valence-corrected chi connectivity index (χ3v) is 14.2. The van der Waals surface area contributed by atoms with E-state index in [4.69, 9.17) is 9.90 Å². The number of nitrogens with one attached hydrogen (secondary N) is 1. The van der Waals surface area contributed by atoms with Crippen LogP contribution in [0.15, 0.2) is 91.0 Å². The van der Waals surface area contributed by atoms with Crippen molar-refractivity contribution in [2.24, 2.45) is 0 Å². The van der Waals surface area contributed by atoms with Crippen LogP contribution in [-0.2, 0) is 45.2 Å². The molecular weight excluding hydrogens is 1530 g/mol. The minimum absolute atomic E-state index is 0. The Morgan fingerprint density at radius 1 is 0.560 bits per heavy atom. The molecule has 37 heteroatoms. The third-order valence-electron chi connectivity index (χ3n) is 11.1. The largest absolute Gasteiger partial charge is 0.697 e. The summed E-state index contributed by atoms with van der Waals surface area (Å²) >= 11 is 12.2. The predicted molar refractivity (Wildman–Crippen MR) is 347 cm³/mol. The number of nitro groups is 5. The summed E-state index contributed by atoms with van der Waals surface area (Å²) in [6.45, 7) is 16.6. The van der Waals surface area contributed by atoms with Crippen LogP contribution in [0.3, 0.4) is 0 Å². The number of nitrogens with zero attached hydrogens (tertiary/aromatic N) is 8. The van der Waals surface area contributed by atoms with Crippen LogP contribution in [0.1, 0.15) is 73.6 Å². The number of piperazine rings is 2. The highest BCUT2D eigenvalue weighted by atomic mass is 79.9. The lowest BCUT2D eigenvalue weighted by molar-refractivity contribution is -0.387. The van der Waals surface area contributed by atoms with Crippen LogP contribution in [0.25, 0.3) is 0 Å². The number of hydrogen-bond donors (Lipinski definition) is 2. The molecule has 5 aromatic carbocycles. The van der Waals surface area contributed by atoms with E-state index in [1.165, 1.54) is 68.4 Å². The number of rotatable bonds is 14. The van der Waals surface area contributed by atoms with Crippen molar-refractivity contribution in [2.45, 2.75) is 69.9 Å². The fourth-order valence-electron chi connectivity index (χ4n) is 6.76. The zero-order valence-electron chi connectivity index (χ0n) is 48.7. The number of nitro benzene ring substituents is 5. The molecule has 7 rings (SSSR count). The van der Waals surface area contributed by atoms with Crippen molar-refractivity contribution in [1.82, 2.24) is 20.0 Å². The van der Waals surface area contributed by atoms with E-state index in [1.807, 2.05) is 9.80 Å². The molecule has 2 N–H and O–H groups in total. The molecule has 0 spiro atoms. The van der Waals surface area contributed by atoms with Crippen LogP contribution < -0.4 is 5.32 Å². The summed E-state index contributed by atoms with van der Waals surface area (Å²) in [6, 6.07) is 20.5. The maximum Gasteiger partial charge on any atom is 0.697 e. The average Bonchev–Trinajstić information content (AvgIpc) is 1.21. The van der Waals surface area contributed by atoms with E-state index in [0.29, 0.717) is 68.2 Å². The van der Waals surface area contributed by atoms with Gasteiger partial charge in [-0.05, 0) is 26.3 Å². The van der Waals surface area contributed by atoms with E-state index in [9.17, 15) is 86.7 Å². The molecular formula is C54H67Br4ClF5N9O17P+. The Kier molecular flexibility index (Phi) is 46.8. The first-order valence-corrected chi connectivity index (χ1v) is 30.8. The quantitative estimate of drug-likeness (QED) is 0.0343. The Labute approximate surface area is 560 Å². The van der Waals surface area contributed by atoms with Crippen molar-refractivity contribution in [1.29, 1.82) is 0 Å². The van der Waals surface area contributed by atoms with Crippen molar-refractivity contribution in [3.63, 3.8) is 0 Å². The van der Waals surface area contributed by atoms with Crippen molar-refractivity contribution in [3.8, 4) is 0 Å². The monoisotopic (exact) mass is 1590 g/mol. The maximum absolute atomic E-state index is 14.0. The van der Waals surface area contributed by atoms with Gasteiger partial charge in [0.2, 0.25) is 40.9 Å². The minimum atomic E-state index is -1.83. The highest BCUT2D eigenvalue weighted by Gasteiger charge is 2.24. The van der Waals surface area contributed by atoms with Crippen LogP contribution >= 0.6 is 84.4 Å². The Morgan fingerprint density at radius 3 is 1.18 bits per heavy atom.